The van der Waals surface area contributed by atoms with Crippen LogP contribution in [0.3, 0.4) is 0 Å². The van der Waals surface area contributed by atoms with Crippen molar-refractivity contribution in [3.63, 3.8) is 0 Å². The van der Waals surface area contributed by atoms with Crippen molar-refractivity contribution in [2.24, 2.45) is 0 Å². The number of rotatable bonds is 4. The largest absolute Gasteiger partial charge is 0.392 e. The lowest BCUT2D eigenvalue weighted by atomic mass is 10.3. The Labute approximate surface area is 61.9 Å². The molecule has 0 saturated carbocycles. The van der Waals surface area contributed by atoms with Gasteiger partial charge in [-0.3, -0.25) is 4.90 Å². The molecule has 0 spiro atoms. The zero-order valence-corrected chi connectivity index (χ0v) is 6.54. The van der Waals surface area contributed by atoms with Gasteiger partial charge in [0, 0.05) is 6.54 Å². The summed E-state index contributed by atoms with van der Waals surface area (Å²) in [5.74, 6) is 0. The molecule has 0 saturated heterocycles. The molecule has 0 aromatic rings. The minimum atomic E-state index is -0.340. The third-order valence-corrected chi connectivity index (χ3v) is 1.26. The van der Waals surface area contributed by atoms with Crippen LogP contribution in [0.15, 0.2) is 0 Å². The number of hydrogen-bond acceptors (Lipinski definition) is 3. The Hall–Kier alpha value is -0.590. The van der Waals surface area contributed by atoms with Crippen molar-refractivity contribution >= 4 is 0 Å². The fourth-order valence-corrected chi connectivity index (χ4v) is 0.779. The van der Waals surface area contributed by atoms with Gasteiger partial charge in [0.25, 0.3) is 0 Å². The Morgan fingerprint density at radius 1 is 1.70 bits per heavy atom. The van der Waals surface area contributed by atoms with Crippen molar-refractivity contribution in [3.05, 3.63) is 0 Å². The minimum Gasteiger partial charge on any atom is -0.392 e. The van der Waals surface area contributed by atoms with Gasteiger partial charge in [0.2, 0.25) is 0 Å². The van der Waals surface area contributed by atoms with Crippen LogP contribution in [-0.2, 0) is 0 Å². The van der Waals surface area contributed by atoms with Crippen LogP contribution < -0.4 is 0 Å². The molecule has 0 aromatic heterocycles. The fourth-order valence-electron chi connectivity index (χ4n) is 0.779. The Balaban J connectivity index is 3.52. The molecule has 0 unspecified atom stereocenters. The summed E-state index contributed by atoms with van der Waals surface area (Å²) in [6, 6.07) is 2.04. The van der Waals surface area contributed by atoms with Gasteiger partial charge in [0.15, 0.2) is 0 Å². The van der Waals surface area contributed by atoms with Gasteiger partial charge in [0.1, 0.15) is 0 Å². The molecule has 0 aliphatic rings. The van der Waals surface area contributed by atoms with E-state index in [1.54, 1.807) is 6.92 Å². The Morgan fingerprint density at radius 3 is 2.60 bits per heavy atom. The second kappa shape index (κ2) is 5.21. The fraction of sp³-hybridized carbons (Fsp3) is 0.857. The lowest BCUT2D eigenvalue weighted by Crippen LogP contribution is -2.31. The van der Waals surface area contributed by atoms with E-state index in [1.807, 2.05) is 17.9 Å². The molecule has 0 fully saturated rings. The molecular formula is C7H14N2O. The lowest BCUT2D eigenvalue weighted by Gasteiger charge is -2.17. The quantitative estimate of drug-likeness (QED) is 0.571. The summed E-state index contributed by atoms with van der Waals surface area (Å²) in [6.45, 7) is 5.50. The number of aliphatic hydroxyl groups excluding tert-OH is 1. The maximum Gasteiger partial charge on any atom is 0.0866 e. The maximum absolute atomic E-state index is 8.93. The van der Waals surface area contributed by atoms with Crippen molar-refractivity contribution in [1.29, 1.82) is 5.26 Å². The predicted molar refractivity (Wildman–Crippen MR) is 39.4 cm³/mol. The average Bonchev–Trinajstić information content (AvgIpc) is 1.86. The molecule has 0 bridgehead atoms. The summed E-state index contributed by atoms with van der Waals surface area (Å²) in [5, 5.41) is 17.2. The van der Waals surface area contributed by atoms with Crippen molar-refractivity contribution in [2.75, 3.05) is 19.6 Å². The van der Waals surface area contributed by atoms with Crippen LogP contribution in [0, 0.1) is 11.3 Å². The molecule has 0 heterocycles. The van der Waals surface area contributed by atoms with E-state index in [4.69, 9.17) is 10.4 Å². The Kier molecular flexibility index (Phi) is 4.91. The van der Waals surface area contributed by atoms with Gasteiger partial charge < -0.3 is 5.11 Å². The van der Waals surface area contributed by atoms with E-state index in [0.29, 0.717) is 13.1 Å². The Morgan fingerprint density at radius 2 is 2.30 bits per heavy atom. The van der Waals surface area contributed by atoms with E-state index in [2.05, 4.69) is 0 Å². The molecule has 0 aromatic carbocycles. The number of nitrogens with zero attached hydrogens (tertiary/aromatic N) is 2. The standard InChI is InChI=1S/C7H14N2O/c1-3-9(5-4-8)6-7(2)10/h7,10H,3,5-6H2,1-2H3/t7-/m0/s1. The number of likely N-dealkylation sites (N-methyl/N-ethyl adjacent to an activating group) is 1. The second-order valence-corrected chi connectivity index (χ2v) is 2.33. The molecule has 58 valence electrons. The zero-order valence-electron chi connectivity index (χ0n) is 6.54. The zero-order chi connectivity index (χ0) is 7.98. The van der Waals surface area contributed by atoms with E-state index >= 15 is 0 Å². The SMILES string of the molecule is CCN(CC#N)C[C@H](C)O. The first-order valence-corrected chi connectivity index (χ1v) is 3.48. The first kappa shape index (κ1) is 9.41. The summed E-state index contributed by atoms with van der Waals surface area (Å²) in [5.41, 5.74) is 0. The van der Waals surface area contributed by atoms with Gasteiger partial charge in [-0.05, 0) is 13.5 Å². The maximum atomic E-state index is 8.93. The molecule has 0 aliphatic heterocycles. The highest BCUT2D eigenvalue weighted by molar-refractivity contribution is 4.76. The number of aliphatic hydroxyl groups is 1. The molecule has 0 aliphatic carbocycles. The average molecular weight is 142 g/mol. The Bertz CT molecular complexity index is 117. The molecule has 0 amide bonds. The van der Waals surface area contributed by atoms with Crippen LogP contribution >= 0.6 is 0 Å². The topological polar surface area (TPSA) is 47.3 Å². The third-order valence-electron chi connectivity index (χ3n) is 1.26. The lowest BCUT2D eigenvalue weighted by molar-refractivity contribution is 0.137. The van der Waals surface area contributed by atoms with Crippen LogP contribution in [0.25, 0.3) is 0 Å². The highest BCUT2D eigenvalue weighted by Crippen LogP contribution is 1.89. The monoisotopic (exact) mass is 142 g/mol. The van der Waals surface area contributed by atoms with Crippen molar-refractivity contribution in [2.45, 2.75) is 20.0 Å². The van der Waals surface area contributed by atoms with E-state index in [1.165, 1.54) is 0 Å². The van der Waals surface area contributed by atoms with Gasteiger partial charge in [0.05, 0.1) is 18.7 Å². The van der Waals surface area contributed by atoms with Gasteiger partial charge in [-0.2, -0.15) is 5.26 Å². The van der Waals surface area contributed by atoms with E-state index in [-0.39, 0.29) is 6.10 Å². The first-order chi connectivity index (χ1) is 4.70. The predicted octanol–water partition coefficient (Wildman–Crippen LogP) is 0.213. The molecule has 0 radical (unpaired) electrons. The summed E-state index contributed by atoms with van der Waals surface area (Å²) >= 11 is 0. The van der Waals surface area contributed by atoms with Crippen molar-refractivity contribution in [1.82, 2.24) is 4.90 Å². The molecule has 1 N–H and O–H groups in total. The number of nitriles is 1. The molecule has 3 nitrogen and oxygen atoms in total. The third kappa shape index (κ3) is 4.30. The van der Waals surface area contributed by atoms with Crippen LogP contribution in [-0.4, -0.2) is 35.7 Å². The van der Waals surface area contributed by atoms with Crippen LogP contribution in [0.5, 0.6) is 0 Å². The highest BCUT2D eigenvalue weighted by Gasteiger charge is 2.03. The van der Waals surface area contributed by atoms with Gasteiger partial charge in [-0.15, -0.1) is 0 Å². The molecule has 0 rings (SSSR count). The first-order valence-electron chi connectivity index (χ1n) is 3.48. The van der Waals surface area contributed by atoms with Crippen molar-refractivity contribution in [3.8, 4) is 6.07 Å². The minimum absolute atomic E-state index is 0.340. The van der Waals surface area contributed by atoms with E-state index in [0.717, 1.165) is 6.54 Å². The van der Waals surface area contributed by atoms with E-state index in [9.17, 15) is 0 Å². The normalized spacial score (nSPS) is 13.1. The van der Waals surface area contributed by atoms with Gasteiger partial charge >= 0.3 is 0 Å². The smallest absolute Gasteiger partial charge is 0.0866 e. The van der Waals surface area contributed by atoms with Crippen molar-refractivity contribution < 1.29 is 5.11 Å². The van der Waals surface area contributed by atoms with Crippen LogP contribution in [0.1, 0.15) is 13.8 Å². The van der Waals surface area contributed by atoms with Crippen LogP contribution in [0.4, 0.5) is 0 Å². The molecular weight excluding hydrogens is 128 g/mol. The van der Waals surface area contributed by atoms with Gasteiger partial charge in [-0.25, -0.2) is 0 Å². The molecule has 1 atom stereocenters. The molecule has 10 heavy (non-hydrogen) atoms. The number of hydrogen-bond donors (Lipinski definition) is 1. The van der Waals surface area contributed by atoms with E-state index < -0.39 is 0 Å². The summed E-state index contributed by atoms with van der Waals surface area (Å²) in [4.78, 5) is 1.89. The molecule has 3 heteroatoms. The van der Waals surface area contributed by atoms with Gasteiger partial charge in [-0.1, -0.05) is 6.92 Å². The summed E-state index contributed by atoms with van der Waals surface area (Å²) in [6.07, 6.45) is -0.340. The summed E-state index contributed by atoms with van der Waals surface area (Å²) in [7, 11) is 0. The summed E-state index contributed by atoms with van der Waals surface area (Å²) < 4.78 is 0. The highest BCUT2D eigenvalue weighted by atomic mass is 16.3. The second-order valence-electron chi connectivity index (χ2n) is 2.33. The van der Waals surface area contributed by atoms with Crippen LogP contribution in [0.2, 0.25) is 0 Å².